The van der Waals surface area contributed by atoms with Crippen LogP contribution >= 0.6 is 11.6 Å². The first-order valence-electron chi connectivity index (χ1n) is 10.9. The van der Waals surface area contributed by atoms with Crippen LogP contribution < -0.4 is 14.8 Å². The topological polar surface area (TPSA) is 105 Å². The summed E-state index contributed by atoms with van der Waals surface area (Å²) in [4.78, 5) is 25.7. The van der Waals surface area contributed by atoms with E-state index in [9.17, 15) is 18.0 Å². The number of carbonyl (C=O) groups excluding carboxylic acids is 2. The molecule has 1 atom stereocenters. The van der Waals surface area contributed by atoms with Gasteiger partial charge >= 0.3 is 16.1 Å². The Morgan fingerprint density at radius 3 is 2.26 bits per heavy atom. The van der Waals surface area contributed by atoms with Crippen molar-refractivity contribution in [1.82, 2.24) is 10.2 Å². The van der Waals surface area contributed by atoms with Gasteiger partial charge in [-0.2, -0.15) is 8.42 Å². The van der Waals surface area contributed by atoms with Crippen molar-refractivity contribution in [2.45, 2.75) is 71.0 Å². The maximum absolute atomic E-state index is 13.0. The lowest BCUT2D eigenvalue weighted by Crippen LogP contribution is -2.50. The van der Waals surface area contributed by atoms with E-state index >= 15 is 0 Å². The maximum atomic E-state index is 13.0. The Morgan fingerprint density at radius 1 is 1.12 bits per heavy atom. The molecule has 0 aliphatic carbocycles. The summed E-state index contributed by atoms with van der Waals surface area (Å²) in [6.07, 6.45) is 0.702. The number of nitrogens with one attached hydrogen (secondary N) is 2. The van der Waals surface area contributed by atoms with Crippen molar-refractivity contribution in [3.63, 3.8) is 0 Å². The van der Waals surface area contributed by atoms with Crippen molar-refractivity contribution in [1.29, 1.82) is 0 Å². The van der Waals surface area contributed by atoms with E-state index in [2.05, 4.69) is 10.6 Å². The normalized spacial score (nSPS) is 12.6. The highest BCUT2D eigenvalue weighted by Crippen LogP contribution is 2.29. The molecule has 0 heterocycles. The number of anilines is 1. The smallest absolute Gasteiger partial charge is 0.339 e. The molecule has 0 aromatic heterocycles. The molecule has 2 aromatic rings. The fourth-order valence-corrected chi connectivity index (χ4v) is 4.21. The molecule has 8 nitrogen and oxygen atoms in total. The second-order valence-electron chi connectivity index (χ2n) is 9.06. The quantitative estimate of drug-likeness (QED) is 0.477. The lowest BCUT2D eigenvalue weighted by molar-refractivity contribution is -0.114. The van der Waals surface area contributed by atoms with Crippen LogP contribution in [0.15, 0.2) is 47.4 Å². The first-order valence-corrected chi connectivity index (χ1v) is 12.7. The van der Waals surface area contributed by atoms with E-state index in [1.54, 1.807) is 11.0 Å². The van der Waals surface area contributed by atoms with Crippen molar-refractivity contribution in [3.05, 3.63) is 53.1 Å². The van der Waals surface area contributed by atoms with Crippen LogP contribution in [0.1, 0.15) is 53.5 Å². The summed E-state index contributed by atoms with van der Waals surface area (Å²) in [6, 6.07) is 9.83. The molecule has 0 unspecified atom stereocenters. The van der Waals surface area contributed by atoms with E-state index in [1.807, 2.05) is 34.6 Å². The second-order valence-corrected chi connectivity index (χ2v) is 11.0. The SMILES string of the molecule is CC[C@@H](C)N(Cc1cc(Cl)ccc1OS(=O)(=O)c1ccc(NC(C)=O)cc1)C(=O)NC(C)(C)C. The van der Waals surface area contributed by atoms with E-state index in [-0.39, 0.29) is 35.2 Å². The number of hydrogen-bond donors (Lipinski definition) is 2. The number of carbonyl (C=O) groups is 2. The average molecular weight is 510 g/mol. The molecule has 10 heteroatoms. The summed E-state index contributed by atoms with van der Waals surface area (Å²) in [5.74, 6) is -0.189. The third-order valence-corrected chi connectivity index (χ3v) is 6.38. The Hall–Kier alpha value is -2.78. The summed E-state index contributed by atoms with van der Waals surface area (Å²) in [5.41, 5.74) is 0.478. The molecule has 0 saturated heterocycles. The van der Waals surface area contributed by atoms with Gasteiger partial charge in [-0.25, -0.2) is 4.79 Å². The predicted molar refractivity (Wildman–Crippen MR) is 134 cm³/mol. The molecule has 0 fully saturated rings. The third kappa shape index (κ3) is 7.92. The maximum Gasteiger partial charge on any atom is 0.339 e. The van der Waals surface area contributed by atoms with Gasteiger partial charge in [0.15, 0.2) is 0 Å². The Bertz CT molecular complexity index is 1130. The number of hydrogen-bond acceptors (Lipinski definition) is 5. The molecular formula is C24H32ClN3O5S. The number of rotatable bonds is 8. The fourth-order valence-electron chi connectivity index (χ4n) is 3.05. The van der Waals surface area contributed by atoms with Gasteiger partial charge in [0.25, 0.3) is 0 Å². The first-order chi connectivity index (χ1) is 15.7. The van der Waals surface area contributed by atoms with Crippen LogP contribution in [0.3, 0.4) is 0 Å². The Kier molecular flexibility index (Phi) is 8.96. The van der Waals surface area contributed by atoms with Gasteiger partial charge in [0, 0.05) is 34.8 Å². The zero-order chi connectivity index (χ0) is 25.7. The number of halogens is 1. The lowest BCUT2D eigenvalue weighted by Gasteiger charge is -2.32. The molecule has 0 bridgehead atoms. The van der Waals surface area contributed by atoms with E-state index in [4.69, 9.17) is 15.8 Å². The van der Waals surface area contributed by atoms with Crippen molar-refractivity contribution in [2.24, 2.45) is 0 Å². The van der Waals surface area contributed by atoms with Crippen molar-refractivity contribution < 1.29 is 22.2 Å². The highest BCUT2D eigenvalue weighted by atomic mass is 35.5. The third-order valence-electron chi connectivity index (χ3n) is 4.89. The summed E-state index contributed by atoms with van der Waals surface area (Å²) in [5, 5.41) is 5.92. The van der Waals surface area contributed by atoms with E-state index < -0.39 is 15.7 Å². The van der Waals surface area contributed by atoms with Crippen LogP contribution in [0.2, 0.25) is 5.02 Å². The molecule has 186 valence electrons. The van der Waals surface area contributed by atoms with Gasteiger partial charge in [-0.15, -0.1) is 0 Å². The van der Waals surface area contributed by atoms with Crippen LogP contribution in [0, 0.1) is 0 Å². The summed E-state index contributed by atoms with van der Waals surface area (Å²) in [7, 11) is -4.18. The molecule has 34 heavy (non-hydrogen) atoms. The zero-order valence-electron chi connectivity index (χ0n) is 20.3. The Labute approximate surface area is 206 Å². The minimum atomic E-state index is -4.18. The van der Waals surface area contributed by atoms with Gasteiger partial charge in [0.05, 0.1) is 6.54 Å². The van der Waals surface area contributed by atoms with Gasteiger partial charge in [-0.3, -0.25) is 4.79 Å². The summed E-state index contributed by atoms with van der Waals surface area (Å²) < 4.78 is 31.3. The van der Waals surface area contributed by atoms with Gasteiger partial charge < -0.3 is 19.7 Å². The molecule has 3 amide bonds. The van der Waals surface area contributed by atoms with Gasteiger partial charge in [0.2, 0.25) is 5.91 Å². The largest absolute Gasteiger partial charge is 0.379 e. The number of benzene rings is 2. The van der Waals surface area contributed by atoms with Crippen LogP contribution in [0.4, 0.5) is 10.5 Å². The number of urea groups is 1. The van der Waals surface area contributed by atoms with Crippen LogP contribution in [0.5, 0.6) is 5.75 Å². The molecular weight excluding hydrogens is 478 g/mol. The van der Waals surface area contributed by atoms with E-state index in [0.717, 1.165) is 0 Å². The van der Waals surface area contributed by atoms with Gasteiger partial charge in [-0.05, 0) is 76.6 Å². The van der Waals surface area contributed by atoms with Gasteiger partial charge in [-0.1, -0.05) is 18.5 Å². The average Bonchev–Trinajstić information content (AvgIpc) is 2.71. The first kappa shape index (κ1) is 27.5. The van der Waals surface area contributed by atoms with E-state index in [1.165, 1.54) is 43.3 Å². The van der Waals surface area contributed by atoms with Crippen LogP contribution in [-0.4, -0.2) is 36.8 Å². The lowest BCUT2D eigenvalue weighted by atomic mass is 10.1. The Balaban J connectivity index is 2.36. The Morgan fingerprint density at radius 2 is 1.74 bits per heavy atom. The predicted octanol–water partition coefficient (Wildman–Crippen LogP) is 5.17. The molecule has 0 spiro atoms. The molecule has 2 N–H and O–H groups in total. The standard InChI is InChI=1S/C24H32ClN3O5S/c1-7-16(2)28(23(30)27-24(4,5)6)15-18-14-19(25)8-13-22(18)33-34(31,32)21-11-9-20(10-12-21)26-17(3)29/h8-14,16H,7,15H2,1-6H3,(H,26,29)(H,27,30)/t16-/m1/s1. The number of amides is 3. The highest BCUT2D eigenvalue weighted by Gasteiger charge is 2.26. The van der Waals surface area contributed by atoms with Crippen LogP contribution in [-0.2, 0) is 21.5 Å². The zero-order valence-corrected chi connectivity index (χ0v) is 21.9. The number of nitrogens with zero attached hydrogens (tertiary/aromatic N) is 1. The minimum Gasteiger partial charge on any atom is -0.379 e. The molecule has 0 radical (unpaired) electrons. The second kappa shape index (κ2) is 11.1. The molecule has 0 saturated carbocycles. The molecule has 0 aliphatic heterocycles. The monoisotopic (exact) mass is 509 g/mol. The van der Waals surface area contributed by atoms with Crippen LogP contribution in [0.25, 0.3) is 0 Å². The summed E-state index contributed by atoms with van der Waals surface area (Å²) in [6.45, 7) is 11.0. The molecule has 2 rings (SSSR count). The van der Waals surface area contributed by atoms with Gasteiger partial charge in [0.1, 0.15) is 10.6 Å². The fraction of sp³-hybridized carbons (Fsp3) is 0.417. The summed E-state index contributed by atoms with van der Waals surface area (Å²) >= 11 is 6.19. The molecule has 0 aliphatic rings. The van der Waals surface area contributed by atoms with Crippen molar-refractivity contribution >= 4 is 39.3 Å². The van der Waals surface area contributed by atoms with Crippen molar-refractivity contribution in [2.75, 3.05) is 5.32 Å². The highest BCUT2D eigenvalue weighted by molar-refractivity contribution is 7.87. The van der Waals surface area contributed by atoms with Crippen molar-refractivity contribution in [3.8, 4) is 5.75 Å². The molecule has 2 aromatic carbocycles. The minimum absolute atomic E-state index is 0.0761. The van der Waals surface area contributed by atoms with E-state index in [0.29, 0.717) is 22.7 Å².